The van der Waals surface area contributed by atoms with Crippen LogP contribution in [0.5, 0.6) is 5.75 Å². The van der Waals surface area contributed by atoms with Crippen LogP contribution in [0.25, 0.3) is 11.3 Å². The number of aryl methyl sites for hydroxylation is 1. The van der Waals surface area contributed by atoms with Crippen LogP contribution in [0.15, 0.2) is 34.7 Å². The number of hydrogen-bond donors (Lipinski definition) is 1. The Morgan fingerprint density at radius 1 is 1.28 bits per heavy atom. The molecule has 32 heavy (non-hydrogen) atoms. The Bertz CT molecular complexity index is 1050. The number of likely N-dealkylation sites (N-methyl/N-ethyl adjacent to an activating group) is 1. The monoisotopic (exact) mass is 464 g/mol. The van der Waals surface area contributed by atoms with E-state index in [0.29, 0.717) is 46.1 Å². The molecule has 172 valence electrons. The van der Waals surface area contributed by atoms with E-state index in [-0.39, 0.29) is 11.7 Å². The van der Waals surface area contributed by atoms with Gasteiger partial charge >= 0.3 is 6.61 Å². The summed E-state index contributed by atoms with van der Waals surface area (Å²) < 4.78 is 39.4. The molecule has 0 bridgehead atoms. The first-order valence-corrected chi connectivity index (χ1v) is 11.1. The van der Waals surface area contributed by atoms with E-state index in [4.69, 9.17) is 4.42 Å². The lowest BCUT2D eigenvalue weighted by Crippen LogP contribution is -2.34. The van der Waals surface area contributed by atoms with Crippen LogP contribution < -0.4 is 10.1 Å². The lowest BCUT2D eigenvalue weighted by molar-refractivity contribution is -0.0498. The van der Waals surface area contributed by atoms with E-state index in [1.165, 1.54) is 12.1 Å². The van der Waals surface area contributed by atoms with E-state index >= 15 is 0 Å². The SMILES string of the molecule is CCN(CC)C(C)Cc1nsc(NC(=O)c2cc(-c3cccc(OC(F)F)c3)oc2C)n1. The van der Waals surface area contributed by atoms with E-state index in [0.717, 1.165) is 24.6 Å². The molecule has 1 amide bonds. The van der Waals surface area contributed by atoms with E-state index < -0.39 is 6.61 Å². The first-order chi connectivity index (χ1) is 15.3. The van der Waals surface area contributed by atoms with Crippen molar-refractivity contribution in [2.75, 3.05) is 18.4 Å². The molecule has 0 saturated heterocycles. The Kier molecular flexibility index (Phi) is 7.92. The Morgan fingerprint density at radius 2 is 2.03 bits per heavy atom. The zero-order chi connectivity index (χ0) is 23.3. The van der Waals surface area contributed by atoms with Crippen LogP contribution >= 0.6 is 11.5 Å². The van der Waals surface area contributed by atoms with E-state index in [2.05, 4.69) is 45.1 Å². The number of carbonyl (C=O) groups excluding carboxylic acids is 1. The topological polar surface area (TPSA) is 80.5 Å². The molecule has 3 aromatic rings. The van der Waals surface area contributed by atoms with Crippen LogP contribution in [-0.2, 0) is 6.42 Å². The first-order valence-electron chi connectivity index (χ1n) is 10.3. The summed E-state index contributed by atoms with van der Waals surface area (Å²) in [5, 5.41) is 3.17. The molecule has 0 aliphatic carbocycles. The van der Waals surface area contributed by atoms with Crippen molar-refractivity contribution in [1.29, 1.82) is 0 Å². The number of anilines is 1. The van der Waals surface area contributed by atoms with Crippen molar-refractivity contribution in [2.24, 2.45) is 0 Å². The van der Waals surface area contributed by atoms with Crippen LogP contribution in [0.2, 0.25) is 0 Å². The quantitative estimate of drug-likeness (QED) is 0.442. The van der Waals surface area contributed by atoms with Crippen molar-refractivity contribution in [3.63, 3.8) is 0 Å². The third-order valence-electron chi connectivity index (χ3n) is 5.11. The van der Waals surface area contributed by atoms with Gasteiger partial charge in [-0.25, -0.2) is 4.98 Å². The lowest BCUT2D eigenvalue weighted by Gasteiger charge is -2.25. The molecule has 1 N–H and O–H groups in total. The summed E-state index contributed by atoms with van der Waals surface area (Å²) >= 11 is 1.13. The zero-order valence-corrected chi connectivity index (χ0v) is 19.2. The molecule has 10 heteroatoms. The maximum absolute atomic E-state index is 12.8. The van der Waals surface area contributed by atoms with Gasteiger partial charge in [0.1, 0.15) is 23.1 Å². The van der Waals surface area contributed by atoms with Crippen LogP contribution in [0, 0.1) is 6.92 Å². The lowest BCUT2D eigenvalue weighted by atomic mass is 10.1. The summed E-state index contributed by atoms with van der Waals surface area (Å²) in [6.45, 7) is 7.00. The minimum atomic E-state index is -2.92. The second-order valence-corrected chi connectivity index (χ2v) is 7.98. The number of carbonyl (C=O) groups is 1. The average molecular weight is 465 g/mol. The molecule has 0 aliphatic rings. The standard InChI is InChI=1S/C22H26F2N4O3S/c1-5-28(6-2)13(3)10-19-25-22(32-27-19)26-20(29)17-12-18(30-14(17)4)15-8-7-9-16(11-15)31-21(23)24/h7-9,11-13,21H,5-6,10H2,1-4H3,(H,25,26,27,29). The van der Waals surface area contributed by atoms with Crippen molar-refractivity contribution in [2.45, 2.75) is 46.8 Å². The highest BCUT2D eigenvalue weighted by molar-refractivity contribution is 7.09. The molecule has 0 spiro atoms. The molecule has 1 aromatic carbocycles. The first kappa shape index (κ1) is 23.8. The second-order valence-electron chi connectivity index (χ2n) is 7.23. The smallest absolute Gasteiger partial charge is 0.387 e. The number of ether oxygens (including phenoxy) is 1. The largest absolute Gasteiger partial charge is 0.461 e. The van der Waals surface area contributed by atoms with Crippen molar-refractivity contribution < 1.29 is 22.7 Å². The van der Waals surface area contributed by atoms with E-state index in [9.17, 15) is 13.6 Å². The van der Waals surface area contributed by atoms with Gasteiger partial charge in [0.25, 0.3) is 5.91 Å². The third-order valence-corrected chi connectivity index (χ3v) is 5.78. The van der Waals surface area contributed by atoms with Crippen LogP contribution in [-0.4, -0.2) is 45.9 Å². The highest BCUT2D eigenvalue weighted by atomic mass is 32.1. The summed E-state index contributed by atoms with van der Waals surface area (Å²) in [5.74, 6) is 1.09. The summed E-state index contributed by atoms with van der Waals surface area (Å²) in [5.41, 5.74) is 0.849. The normalized spacial score (nSPS) is 12.4. The molecule has 2 aromatic heterocycles. The maximum Gasteiger partial charge on any atom is 0.387 e. The van der Waals surface area contributed by atoms with Crippen molar-refractivity contribution in [3.8, 4) is 17.1 Å². The number of aromatic nitrogens is 2. The number of halogens is 2. The fourth-order valence-electron chi connectivity index (χ4n) is 3.47. The molecule has 1 atom stereocenters. The van der Waals surface area contributed by atoms with Crippen molar-refractivity contribution in [1.82, 2.24) is 14.3 Å². The van der Waals surface area contributed by atoms with Gasteiger partial charge in [-0.3, -0.25) is 10.1 Å². The van der Waals surface area contributed by atoms with Gasteiger partial charge in [-0.1, -0.05) is 26.0 Å². The van der Waals surface area contributed by atoms with Crippen molar-refractivity contribution in [3.05, 3.63) is 47.5 Å². The average Bonchev–Trinajstić information content (AvgIpc) is 3.35. The number of amides is 1. The summed E-state index contributed by atoms with van der Waals surface area (Å²) in [6.07, 6.45) is 0.694. The zero-order valence-electron chi connectivity index (χ0n) is 18.4. The fraction of sp³-hybridized carbons (Fsp3) is 0.409. The molecule has 1 unspecified atom stereocenters. The Hall–Kier alpha value is -2.85. The number of nitrogens with one attached hydrogen (secondary N) is 1. The third kappa shape index (κ3) is 5.89. The molecule has 7 nitrogen and oxygen atoms in total. The number of alkyl halides is 2. The molecule has 2 heterocycles. The summed E-state index contributed by atoms with van der Waals surface area (Å²) in [7, 11) is 0. The van der Waals surface area contributed by atoms with Gasteiger partial charge in [0.15, 0.2) is 0 Å². The van der Waals surface area contributed by atoms with Gasteiger partial charge in [-0.15, -0.1) is 0 Å². The minimum Gasteiger partial charge on any atom is -0.461 e. The number of benzene rings is 1. The number of furan rings is 1. The predicted molar refractivity (Wildman–Crippen MR) is 119 cm³/mol. The Balaban J connectivity index is 1.69. The van der Waals surface area contributed by atoms with E-state index in [1.54, 1.807) is 25.1 Å². The number of rotatable bonds is 10. The number of hydrogen-bond acceptors (Lipinski definition) is 7. The predicted octanol–water partition coefficient (Wildman–Crippen LogP) is 5.23. The van der Waals surface area contributed by atoms with Gasteiger partial charge in [-0.2, -0.15) is 13.2 Å². The van der Waals surface area contributed by atoms with Gasteiger partial charge in [0.05, 0.1) is 5.56 Å². The maximum atomic E-state index is 12.8. The minimum absolute atomic E-state index is 0.0119. The van der Waals surface area contributed by atoms with Gasteiger partial charge in [0, 0.05) is 29.6 Å². The Morgan fingerprint density at radius 3 is 2.72 bits per heavy atom. The van der Waals surface area contributed by atoms with Crippen LogP contribution in [0.1, 0.15) is 42.7 Å². The Labute approximate surface area is 189 Å². The summed E-state index contributed by atoms with van der Waals surface area (Å²) in [4.78, 5) is 19.5. The molecule has 0 saturated carbocycles. The number of nitrogens with zero attached hydrogens (tertiary/aromatic N) is 3. The van der Waals surface area contributed by atoms with Crippen LogP contribution in [0.4, 0.5) is 13.9 Å². The van der Waals surface area contributed by atoms with Gasteiger partial charge in [0.2, 0.25) is 5.13 Å². The molecule has 0 radical (unpaired) electrons. The molecule has 3 rings (SSSR count). The molecular formula is C22H26F2N4O3S. The van der Waals surface area contributed by atoms with Crippen molar-refractivity contribution >= 4 is 22.6 Å². The van der Waals surface area contributed by atoms with E-state index in [1.807, 2.05) is 0 Å². The van der Waals surface area contributed by atoms with Gasteiger partial charge < -0.3 is 14.1 Å². The highest BCUT2D eigenvalue weighted by Crippen LogP contribution is 2.29. The fourth-order valence-corrected chi connectivity index (χ4v) is 4.06. The van der Waals surface area contributed by atoms with Crippen LogP contribution in [0.3, 0.4) is 0 Å². The second kappa shape index (κ2) is 10.6. The molecule has 0 fully saturated rings. The molecule has 0 aliphatic heterocycles. The molecular weight excluding hydrogens is 438 g/mol. The van der Waals surface area contributed by atoms with Gasteiger partial charge in [-0.05, 0) is 45.1 Å². The summed E-state index contributed by atoms with van der Waals surface area (Å²) in [6, 6.07) is 7.98. The highest BCUT2D eigenvalue weighted by Gasteiger charge is 2.19.